The summed E-state index contributed by atoms with van der Waals surface area (Å²) in [5, 5.41) is 2.77. The molecule has 2 amide bonds. The lowest BCUT2D eigenvalue weighted by molar-refractivity contribution is -0.129. The molecule has 0 spiro atoms. The lowest BCUT2D eigenvalue weighted by Crippen LogP contribution is -2.38. The number of hydrogen-bond acceptors (Lipinski definition) is 6. The summed E-state index contributed by atoms with van der Waals surface area (Å²) in [6.45, 7) is 2.91. The van der Waals surface area contributed by atoms with Gasteiger partial charge in [0.2, 0.25) is 11.8 Å². The third-order valence-corrected chi connectivity index (χ3v) is 8.38. The van der Waals surface area contributed by atoms with E-state index in [-0.39, 0.29) is 16.6 Å². The lowest BCUT2D eigenvalue weighted by Gasteiger charge is -2.25. The van der Waals surface area contributed by atoms with Crippen LogP contribution in [0.3, 0.4) is 0 Å². The monoisotopic (exact) mass is 551 g/mol. The van der Waals surface area contributed by atoms with Crippen molar-refractivity contribution in [3.8, 4) is 11.5 Å². The van der Waals surface area contributed by atoms with Gasteiger partial charge in [-0.2, -0.15) is 0 Å². The maximum absolute atomic E-state index is 13.9. The lowest BCUT2D eigenvalue weighted by atomic mass is 10.1. The van der Waals surface area contributed by atoms with Crippen molar-refractivity contribution in [2.75, 3.05) is 43.5 Å². The Kier molecular flexibility index (Phi) is 8.75. The van der Waals surface area contributed by atoms with E-state index in [4.69, 9.17) is 9.47 Å². The molecule has 0 unspecified atom stereocenters. The van der Waals surface area contributed by atoms with Crippen LogP contribution in [-0.4, -0.2) is 59.0 Å². The van der Waals surface area contributed by atoms with Gasteiger partial charge in [-0.15, -0.1) is 0 Å². The van der Waals surface area contributed by atoms with Gasteiger partial charge in [0.15, 0.2) is 0 Å². The Hall–Kier alpha value is -4.05. The summed E-state index contributed by atoms with van der Waals surface area (Å²) in [5.74, 6) is 0.300. The van der Waals surface area contributed by atoms with E-state index < -0.39 is 22.5 Å². The number of ether oxygens (including phenoxy) is 2. The standard InChI is InChI=1S/C29H33N3O6S/c1-21-6-15-26(38-3)27(18-21)39(35,36)32(24-11-13-25(37-2)14-12-24)20-28(33)30-23-9-7-22(8-10-23)19-29(34)31-16-4-5-17-31/h6-15,18H,4-5,16-17,19-20H2,1-3H3,(H,30,33). The number of hydrogen-bond donors (Lipinski definition) is 1. The van der Waals surface area contributed by atoms with Crippen LogP contribution in [0.4, 0.5) is 11.4 Å². The van der Waals surface area contributed by atoms with Gasteiger partial charge in [0, 0.05) is 18.8 Å². The highest BCUT2D eigenvalue weighted by atomic mass is 32.2. The molecule has 0 radical (unpaired) electrons. The van der Waals surface area contributed by atoms with Crippen molar-refractivity contribution in [2.45, 2.75) is 31.1 Å². The van der Waals surface area contributed by atoms with Crippen LogP contribution < -0.4 is 19.1 Å². The minimum Gasteiger partial charge on any atom is -0.497 e. The maximum Gasteiger partial charge on any atom is 0.268 e. The molecular formula is C29H33N3O6S. The summed E-state index contributed by atoms with van der Waals surface area (Å²) >= 11 is 0. The van der Waals surface area contributed by atoms with Crippen molar-refractivity contribution in [1.82, 2.24) is 4.90 Å². The van der Waals surface area contributed by atoms with Crippen LogP contribution in [0.2, 0.25) is 0 Å². The second-order valence-electron chi connectivity index (χ2n) is 9.37. The minimum absolute atomic E-state index is 0.0411. The fourth-order valence-electron chi connectivity index (χ4n) is 4.46. The molecule has 1 saturated heterocycles. The number of rotatable bonds is 10. The quantitative estimate of drug-likeness (QED) is 0.408. The first kappa shape index (κ1) is 28.0. The molecule has 1 aliphatic heterocycles. The molecular weight excluding hydrogens is 518 g/mol. The Morgan fingerprint density at radius 3 is 2.21 bits per heavy atom. The largest absolute Gasteiger partial charge is 0.497 e. The summed E-state index contributed by atoms with van der Waals surface area (Å²) in [7, 11) is -1.27. The van der Waals surface area contributed by atoms with E-state index in [9.17, 15) is 18.0 Å². The fraction of sp³-hybridized carbons (Fsp3) is 0.310. The van der Waals surface area contributed by atoms with E-state index >= 15 is 0 Å². The van der Waals surface area contributed by atoms with Gasteiger partial charge in [-0.1, -0.05) is 18.2 Å². The summed E-state index contributed by atoms with van der Waals surface area (Å²) in [5.41, 5.74) is 2.37. The van der Waals surface area contributed by atoms with E-state index in [1.807, 2.05) is 4.90 Å². The average Bonchev–Trinajstić information content (AvgIpc) is 3.48. The van der Waals surface area contributed by atoms with Crippen LogP contribution in [0.25, 0.3) is 0 Å². The van der Waals surface area contributed by atoms with Crippen molar-refractivity contribution in [3.63, 3.8) is 0 Å². The van der Waals surface area contributed by atoms with Crippen molar-refractivity contribution < 1.29 is 27.5 Å². The smallest absolute Gasteiger partial charge is 0.268 e. The fourth-order valence-corrected chi connectivity index (χ4v) is 6.12. The highest BCUT2D eigenvalue weighted by Gasteiger charge is 2.30. The molecule has 3 aromatic carbocycles. The third-order valence-electron chi connectivity index (χ3n) is 6.59. The summed E-state index contributed by atoms with van der Waals surface area (Å²) in [6.07, 6.45) is 2.38. The molecule has 0 atom stereocenters. The topological polar surface area (TPSA) is 105 Å². The van der Waals surface area contributed by atoms with E-state index in [2.05, 4.69) is 5.32 Å². The van der Waals surface area contributed by atoms with Crippen LogP contribution in [0, 0.1) is 6.92 Å². The number of nitrogens with one attached hydrogen (secondary N) is 1. The zero-order chi connectivity index (χ0) is 28.0. The van der Waals surface area contributed by atoms with Crippen LogP contribution in [0.5, 0.6) is 11.5 Å². The number of carbonyl (C=O) groups excluding carboxylic acids is 2. The van der Waals surface area contributed by atoms with Crippen molar-refractivity contribution in [3.05, 3.63) is 77.9 Å². The molecule has 1 N–H and O–H groups in total. The molecule has 3 aromatic rings. The van der Waals surface area contributed by atoms with E-state index in [0.29, 0.717) is 23.5 Å². The third kappa shape index (κ3) is 6.69. The van der Waals surface area contributed by atoms with Crippen molar-refractivity contribution in [1.29, 1.82) is 0 Å². The van der Waals surface area contributed by atoms with Crippen LogP contribution >= 0.6 is 0 Å². The Morgan fingerprint density at radius 1 is 0.923 bits per heavy atom. The zero-order valence-electron chi connectivity index (χ0n) is 22.3. The van der Waals surface area contributed by atoms with Gasteiger partial charge in [-0.25, -0.2) is 8.42 Å². The van der Waals surface area contributed by atoms with Gasteiger partial charge in [0.25, 0.3) is 10.0 Å². The first-order chi connectivity index (χ1) is 18.7. The molecule has 1 heterocycles. The van der Waals surface area contributed by atoms with Gasteiger partial charge >= 0.3 is 0 Å². The Balaban J connectivity index is 1.54. The van der Waals surface area contributed by atoms with E-state index in [1.165, 1.54) is 20.3 Å². The van der Waals surface area contributed by atoms with E-state index in [0.717, 1.165) is 41.4 Å². The molecule has 206 valence electrons. The summed E-state index contributed by atoms with van der Waals surface area (Å²) in [4.78, 5) is 27.4. The number of methoxy groups -OCH3 is 2. The molecule has 1 aliphatic rings. The second-order valence-corrected chi connectivity index (χ2v) is 11.2. The Bertz CT molecular complexity index is 1420. The molecule has 0 aromatic heterocycles. The van der Waals surface area contributed by atoms with Crippen molar-refractivity contribution in [2.24, 2.45) is 0 Å². The van der Waals surface area contributed by atoms with Crippen LogP contribution in [0.1, 0.15) is 24.0 Å². The molecule has 1 fully saturated rings. The average molecular weight is 552 g/mol. The predicted molar refractivity (Wildman–Crippen MR) is 150 cm³/mol. The molecule has 10 heteroatoms. The SMILES string of the molecule is COc1ccc(N(CC(=O)Nc2ccc(CC(=O)N3CCCC3)cc2)S(=O)(=O)c2cc(C)ccc2OC)cc1. The molecule has 0 saturated carbocycles. The first-order valence-electron chi connectivity index (χ1n) is 12.7. The van der Waals surface area contributed by atoms with Gasteiger partial charge in [0.1, 0.15) is 22.9 Å². The van der Waals surface area contributed by atoms with Gasteiger partial charge in [-0.3, -0.25) is 13.9 Å². The number of benzene rings is 3. The molecule has 9 nitrogen and oxygen atoms in total. The van der Waals surface area contributed by atoms with Crippen molar-refractivity contribution >= 4 is 33.2 Å². The molecule has 0 aliphatic carbocycles. The Morgan fingerprint density at radius 2 is 1.59 bits per heavy atom. The highest BCUT2D eigenvalue weighted by molar-refractivity contribution is 7.93. The summed E-state index contributed by atoms with van der Waals surface area (Å²) < 4.78 is 39.3. The normalized spacial score (nSPS) is 13.2. The molecule has 39 heavy (non-hydrogen) atoms. The second kappa shape index (κ2) is 12.2. The number of aryl methyl sites for hydroxylation is 1. The number of nitrogens with zero attached hydrogens (tertiary/aromatic N) is 2. The van der Waals surface area contributed by atoms with Gasteiger partial charge in [-0.05, 0) is 79.4 Å². The molecule has 4 rings (SSSR count). The Labute approximate surface area is 229 Å². The van der Waals surface area contributed by atoms with Gasteiger partial charge in [0.05, 0.1) is 26.3 Å². The number of carbonyl (C=O) groups is 2. The van der Waals surface area contributed by atoms with Crippen LogP contribution in [0.15, 0.2) is 71.6 Å². The number of amides is 2. The van der Waals surface area contributed by atoms with E-state index in [1.54, 1.807) is 67.6 Å². The first-order valence-corrected chi connectivity index (χ1v) is 14.1. The highest BCUT2D eigenvalue weighted by Crippen LogP contribution is 2.31. The minimum atomic E-state index is -4.19. The zero-order valence-corrected chi connectivity index (χ0v) is 23.2. The molecule has 0 bridgehead atoms. The summed E-state index contributed by atoms with van der Waals surface area (Å²) in [6, 6.07) is 18.3. The maximum atomic E-state index is 13.9. The predicted octanol–water partition coefficient (Wildman–Crippen LogP) is 4.01. The number of likely N-dealkylation sites (tertiary alicyclic amines) is 1. The van der Waals surface area contributed by atoms with Crippen LogP contribution in [-0.2, 0) is 26.0 Å². The number of sulfonamides is 1. The number of anilines is 2. The van der Waals surface area contributed by atoms with Gasteiger partial charge < -0.3 is 19.7 Å².